The van der Waals surface area contributed by atoms with Crippen molar-refractivity contribution in [3.8, 4) is 5.75 Å². The highest BCUT2D eigenvalue weighted by atomic mass is 16.5. The molecule has 0 saturated carbocycles. The maximum Gasteiger partial charge on any atom is 0.343 e. The van der Waals surface area contributed by atoms with E-state index < -0.39 is 0 Å². The van der Waals surface area contributed by atoms with Crippen LogP contribution in [0.3, 0.4) is 0 Å². The van der Waals surface area contributed by atoms with E-state index in [1.165, 1.54) is 0 Å². The van der Waals surface area contributed by atoms with Gasteiger partial charge in [-0.1, -0.05) is 36.4 Å². The van der Waals surface area contributed by atoms with E-state index in [0.717, 1.165) is 33.6 Å². The van der Waals surface area contributed by atoms with Crippen molar-refractivity contribution >= 4 is 29.5 Å². The number of ether oxygens (including phenoxy) is 1. The summed E-state index contributed by atoms with van der Waals surface area (Å²) in [5, 5.41) is 2.98. The maximum atomic E-state index is 12.5. The van der Waals surface area contributed by atoms with Gasteiger partial charge in [-0.2, -0.15) is 0 Å². The molecule has 0 fully saturated rings. The third-order valence-corrected chi connectivity index (χ3v) is 5.59. The summed E-state index contributed by atoms with van der Waals surface area (Å²) in [5.74, 6) is -0.0184. The highest BCUT2D eigenvalue weighted by molar-refractivity contribution is 6.04. The average Bonchev–Trinajstić information content (AvgIpc) is 2.87. The second-order valence-corrected chi connectivity index (χ2v) is 8.31. The lowest BCUT2D eigenvalue weighted by atomic mass is 10.1. The van der Waals surface area contributed by atoms with Crippen LogP contribution in [-0.2, 0) is 0 Å². The standard InChI is InChI=1S/C30H26N2O3/c1-20-18-27(32-29(33)24-10-6-4-7-11-24)21(2)17-26(20)31-19-23-14-15-28(22(3)16-23)35-30(34)25-12-8-5-9-13-25/h4-19H,1-3H3,(H,32,33). The molecule has 4 rings (SSSR count). The summed E-state index contributed by atoms with van der Waals surface area (Å²) in [4.78, 5) is 29.5. The molecule has 0 aromatic heterocycles. The number of aryl methyl sites for hydroxylation is 3. The summed E-state index contributed by atoms with van der Waals surface area (Å²) in [7, 11) is 0. The van der Waals surface area contributed by atoms with Gasteiger partial charge in [0.2, 0.25) is 0 Å². The summed E-state index contributed by atoms with van der Waals surface area (Å²) in [6.07, 6.45) is 1.78. The van der Waals surface area contributed by atoms with Crippen LogP contribution >= 0.6 is 0 Å². The zero-order valence-corrected chi connectivity index (χ0v) is 19.9. The van der Waals surface area contributed by atoms with Crippen molar-refractivity contribution in [3.63, 3.8) is 0 Å². The van der Waals surface area contributed by atoms with Crippen LogP contribution in [0.2, 0.25) is 0 Å². The number of aliphatic imine (C=N–C) groups is 1. The first kappa shape index (κ1) is 23.6. The zero-order chi connectivity index (χ0) is 24.8. The summed E-state index contributed by atoms with van der Waals surface area (Å²) < 4.78 is 5.54. The minimum absolute atomic E-state index is 0.145. The number of hydrogen-bond donors (Lipinski definition) is 1. The second kappa shape index (κ2) is 10.6. The van der Waals surface area contributed by atoms with Gasteiger partial charge >= 0.3 is 5.97 Å². The number of benzene rings is 4. The third-order valence-electron chi connectivity index (χ3n) is 5.59. The minimum Gasteiger partial charge on any atom is -0.423 e. The molecule has 0 aliphatic rings. The lowest BCUT2D eigenvalue weighted by molar-refractivity contribution is 0.0733. The molecule has 0 heterocycles. The molecule has 35 heavy (non-hydrogen) atoms. The summed E-state index contributed by atoms with van der Waals surface area (Å²) in [6, 6.07) is 27.5. The number of nitrogens with one attached hydrogen (secondary N) is 1. The van der Waals surface area contributed by atoms with Gasteiger partial charge < -0.3 is 10.1 Å². The van der Waals surface area contributed by atoms with Gasteiger partial charge in [-0.15, -0.1) is 0 Å². The Morgan fingerprint density at radius 1 is 0.743 bits per heavy atom. The topological polar surface area (TPSA) is 67.8 Å². The zero-order valence-electron chi connectivity index (χ0n) is 19.9. The Morgan fingerprint density at radius 2 is 1.40 bits per heavy atom. The number of anilines is 1. The molecule has 0 unspecified atom stereocenters. The lowest BCUT2D eigenvalue weighted by Crippen LogP contribution is -2.12. The van der Waals surface area contributed by atoms with Crippen LogP contribution in [0.5, 0.6) is 5.75 Å². The average molecular weight is 463 g/mol. The largest absolute Gasteiger partial charge is 0.423 e. The highest BCUT2D eigenvalue weighted by Crippen LogP contribution is 2.27. The van der Waals surface area contributed by atoms with Gasteiger partial charge in [-0.3, -0.25) is 9.79 Å². The molecule has 5 nitrogen and oxygen atoms in total. The molecule has 0 spiro atoms. The van der Waals surface area contributed by atoms with Gasteiger partial charge in [0.05, 0.1) is 11.3 Å². The Bertz CT molecular complexity index is 1390. The van der Waals surface area contributed by atoms with Crippen LogP contribution in [-0.4, -0.2) is 18.1 Å². The van der Waals surface area contributed by atoms with E-state index in [0.29, 0.717) is 16.9 Å². The molecule has 0 aliphatic heterocycles. The molecular weight excluding hydrogens is 436 g/mol. The van der Waals surface area contributed by atoms with Gasteiger partial charge in [0.15, 0.2) is 0 Å². The molecule has 4 aromatic carbocycles. The smallest absolute Gasteiger partial charge is 0.343 e. The molecule has 0 bridgehead atoms. The van der Waals surface area contributed by atoms with Crippen LogP contribution in [0.25, 0.3) is 0 Å². The Hall–Kier alpha value is -4.51. The van der Waals surface area contributed by atoms with Crippen molar-refractivity contribution in [2.75, 3.05) is 5.32 Å². The van der Waals surface area contributed by atoms with Crippen LogP contribution in [0.4, 0.5) is 11.4 Å². The lowest BCUT2D eigenvalue weighted by Gasteiger charge is -2.11. The van der Waals surface area contributed by atoms with E-state index in [-0.39, 0.29) is 11.9 Å². The fourth-order valence-electron chi connectivity index (χ4n) is 3.60. The molecule has 4 aromatic rings. The molecule has 0 saturated heterocycles. The normalized spacial score (nSPS) is 10.8. The Balaban J connectivity index is 1.46. The predicted molar refractivity (Wildman–Crippen MR) is 140 cm³/mol. The number of nitrogens with zero attached hydrogens (tertiary/aromatic N) is 1. The van der Waals surface area contributed by atoms with Gasteiger partial charge in [-0.05, 0) is 97.6 Å². The monoisotopic (exact) mass is 462 g/mol. The van der Waals surface area contributed by atoms with Gasteiger partial charge in [0, 0.05) is 17.5 Å². The first-order chi connectivity index (χ1) is 16.9. The van der Waals surface area contributed by atoms with Crippen molar-refractivity contribution in [3.05, 3.63) is 124 Å². The minimum atomic E-state index is -0.388. The summed E-state index contributed by atoms with van der Waals surface area (Å²) >= 11 is 0. The summed E-state index contributed by atoms with van der Waals surface area (Å²) in [5.41, 5.74) is 6.29. The van der Waals surface area contributed by atoms with Gasteiger partial charge in [0.1, 0.15) is 5.75 Å². The van der Waals surface area contributed by atoms with Gasteiger partial charge in [0.25, 0.3) is 5.91 Å². The molecule has 0 aliphatic carbocycles. The van der Waals surface area contributed by atoms with Crippen molar-refractivity contribution in [1.82, 2.24) is 0 Å². The number of rotatable bonds is 6. The number of hydrogen-bond acceptors (Lipinski definition) is 4. The van der Waals surface area contributed by atoms with Gasteiger partial charge in [-0.25, -0.2) is 4.79 Å². The van der Waals surface area contributed by atoms with Crippen molar-refractivity contribution in [2.45, 2.75) is 20.8 Å². The molecule has 5 heteroatoms. The molecule has 1 amide bonds. The van der Waals surface area contributed by atoms with Crippen LogP contribution in [0, 0.1) is 20.8 Å². The fraction of sp³-hybridized carbons (Fsp3) is 0.100. The third kappa shape index (κ3) is 5.89. The van der Waals surface area contributed by atoms with Crippen molar-refractivity contribution < 1.29 is 14.3 Å². The van der Waals surface area contributed by atoms with Crippen molar-refractivity contribution in [2.24, 2.45) is 4.99 Å². The Morgan fingerprint density at radius 3 is 2.06 bits per heavy atom. The second-order valence-electron chi connectivity index (χ2n) is 8.31. The van der Waals surface area contributed by atoms with E-state index >= 15 is 0 Å². The number of esters is 1. The van der Waals surface area contributed by atoms with E-state index in [4.69, 9.17) is 4.74 Å². The highest BCUT2D eigenvalue weighted by Gasteiger charge is 2.11. The Labute approximate surface area is 205 Å². The SMILES string of the molecule is Cc1cc(NC(=O)c2ccccc2)c(C)cc1N=Cc1ccc(OC(=O)c2ccccc2)c(C)c1. The maximum absolute atomic E-state index is 12.5. The molecule has 0 atom stereocenters. The van der Waals surface area contributed by atoms with E-state index in [2.05, 4.69) is 10.3 Å². The first-order valence-electron chi connectivity index (χ1n) is 11.3. The number of amides is 1. The van der Waals surface area contributed by atoms with E-state index in [1.807, 2.05) is 69.3 Å². The fourth-order valence-corrected chi connectivity index (χ4v) is 3.60. The Kier molecular flexibility index (Phi) is 7.17. The molecule has 0 radical (unpaired) electrons. The quantitative estimate of drug-likeness (QED) is 0.194. The van der Waals surface area contributed by atoms with Crippen molar-refractivity contribution in [1.29, 1.82) is 0 Å². The predicted octanol–water partition coefficient (Wildman–Crippen LogP) is 6.83. The number of carbonyl (C=O) groups is 2. The van der Waals surface area contributed by atoms with E-state index in [9.17, 15) is 9.59 Å². The molecule has 174 valence electrons. The first-order valence-corrected chi connectivity index (χ1v) is 11.3. The molecular formula is C30H26N2O3. The van der Waals surface area contributed by atoms with Crippen LogP contribution in [0.1, 0.15) is 43.0 Å². The number of carbonyl (C=O) groups excluding carboxylic acids is 2. The van der Waals surface area contributed by atoms with E-state index in [1.54, 1.807) is 48.7 Å². The van der Waals surface area contributed by atoms with Crippen LogP contribution in [0.15, 0.2) is 96.0 Å². The summed E-state index contributed by atoms with van der Waals surface area (Å²) in [6.45, 7) is 5.80. The van der Waals surface area contributed by atoms with Crippen LogP contribution < -0.4 is 10.1 Å². The molecule has 1 N–H and O–H groups in total.